The number of hydrogen-bond acceptors (Lipinski definition) is 8. The Labute approximate surface area is 300 Å². The summed E-state index contributed by atoms with van der Waals surface area (Å²) in [6.45, 7) is 14.6. The molecule has 3 aromatic heterocycles. The second kappa shape index (κ2) is 17.0. The summed E-state index contributed by atoms with van der Waals surface area (Å²) < 4.78 is 9.54. The van der Waals surface area contributed by atoms with Crippen molar-refractivity contribution in [2.75, 3.05) is 27.8 Å². The number of ether oxygens (including phenoxy) is 2. The largest absolute Gasteiger partial charge is 0.469 e. The molecule has 2 aliphatic heterocycles. The molecule has 5 rings (SSSR count). The average Bonchev–Trinajstić information content (AvgIpc) is 3.83. The lowest BCUT2D eigenvalue weighted by atomic mass is 9.96. The van der Waals surface area contributed by atoms with Crippen molar-refractivity contribution in [1.29, 1.82) is 0 Å². The van der Waals surface area contributed by atoms with E-state index in [-0.39, 0.29) is 30.8 Å². The summed E-state index contributed by atoms with van der Waals surface area (Å²) >= 11 is 0. The van der Waals surface area contributed by atoms with E-state index in [1.807, 2.05) is 39.1 Å². The molecule has 5 heterocycles. The third-order valence-electron chi connectivity index (χ3n) is 9.91. The van der Waals surface area contributed by atoms with Crippen LogP contribution in [0.3, 0.4) is 0 Å². The predicted molar refractivity (Wildman–Crippen MR) is 201 cm³/mol. The predicted octanol–water partition coefficient (Wildman–Crippen LogP) is 6.81. The number of aromatic nitrogens is 4. The summed E-state index contributed by atoms with van der Waals surface area (Å²) in [7, 11) is 4.57. The molecule has 0 radical (unpaired) electrons. The van der Waals surface area contributed by atoms with Gasteiger partial charge in [-0.25, -0.2) is 9.78 Å². The minimum absolute atomic E-state index is 0.0477. The standard InChI is InChI=1S/C36H45N5O4.C4H8O2/c1-9-11-12-41(7)33(43)14-24-30-13-19(3)26(37-30)15-27-21(5)25(18-42)32(39-27)16-28-20(4)23(10-2)31(38-28)17-29-22(6)34(35(24)40-29)36(44)45-8;1-3-4(5)6-2/h15-17,19,38-39,42H,9-14,18H2,1-8H3;3H2,1-2H3. The smallest absolute Gasteiger partial charge is 0.340 e. The summed E-state index contributed by atoms with van der Waals surface area (Å²) in [4.78, 5) is 56.0. The van der Waals surface area contributed by atoms with E-state index in [2.05, 4.69) is 42.4 Å². The fourth-order valence-corrected chi connectivity index (χ4v) is 6.60. The molecule has 1 unspecified atom stereocenters. The number of methoxy groups -OCH3 is 2. The van der Waals surface area contributed by atoms with Crippen molar-refractivity contribution < 1.29 is 29.0 Å². The molecule has 0 saturated carbocycles. The first kappa shape index (κ1) is 39.0. The van der Waals surface area contributed by atoms with Crippen molar-refractivity contribution in [1.82, 2.24) is 24.8 Å². The highest BCUT2D eigenvalue weighted by molar-refractivity contribution is 6.25. The van der Waals surface area contributed by atoms with E-state index in [4.69, 9.17) is 14.7 Å². The van der Waals surface area contributed by atoms with Crippen LogP contribution in [0.4, 0.5) is 0 Å². The van der Waals surface area contributed by atoms with Crippen LogP contribution in [0.25, 0.3) is 33.2 Å². The highest BCUT2D eigenvalue weighted by atomic mass is 16.5. The van der Waals surface area contributed by atoms with Gasteiger partial charge < -0.3 is 29.4 Å². The van der Waals surface area contributed by atoms with Crippen LogP contribution >= 0.6 is 0 Å². The van der Waals surface area contributed by atoms with E-state index >= 15 is 0 Å². The summed E-state index contributed by atoms with van der Waals surface area (Å²) in [6, 6.07) is 6.07. The normalized spacial score (nSPS) is 13.8. The van der Waals surface area contributed by atoms with Crippen LogP contribution in [0.15, 0.2) is 18.2 Å². The number of carbonyl (C=O) groups excluding carboxylic acids is 3. The van der Waals surface area contributed by atoms with E-state index < -0.39 is 5.97 Å². The molecular formula is C40H53N5O6. The monoisotopic (exact) mass is 699 g/mol. The number of rotatable bonds is 9. The van der Waals surface area contributed by atoms with Crippen molar-refractivity contribution in [3.8, 4) is 0 Å². The lowest BCUT2D eigenvalue weighted by molar-refractivity contribution is -0.140. The van der Waals surface area contributed by atoms with E-state index in [0.29, 0.717) is 47.5 Å². The lowest BCUT2D eigenvalue weighted by Gasteiger charge is -2.18. The average molecular weight is 700 g/mol. The molecule has 0 aliphatic carbocycles. The molecular weight excluding hydrogens is 646 g/mol. The topological polar surface area (TPSA) is 150 Å². The van der Waals surface area contributed by atoms with Crippen LogP contribution in [0.5, 0.6) is 0 Å². The van der Waals surface area contributed by atoms with Crippen LogP contribution < -0.4 is 0 Å². The Bertz CT molecular complexity index is 2000. The van der Waals surface area contributed by atoms with Crippen LogP contribution in [0.2, 0.25) is 0 Å². The minimum atomic E-state index is -0.488. The zero-order chi connectivity index (χ0) is 37.6. The summed E-state index contributed by atoms with van der Waals surface area (Å²) in [6.07, 6.45) is 3.82. The second-order valence-corrected chi connectivity index (χ2v) is 13.2. The van der Waals surface area contributed by atoms with E-state index in [1.54, 1.807) is 11.8 Å². The number of aliphatic hydroxyl groups excluding tert-OH is 1. The van der Waals surface area contributed by atoms with Gasteiger partial charge in [-0.3, -0.25) is 14.6 Å². The van der Waals surface area contributed by atoms with E-state index in [0.717, 1.165) is 75.0 Å². The number of aromatic amines is 2. The Morgan fingerprint density at radius 3 is 2.12 bits per heavy atom. The number of aryl methyl sites for hydroxylation is 3. The molecule has 274 valence electrons. The molecule has 51 heavy (non-hydrogen) atoms. The molecule has 0 spiro atoms. The van der Waals surface area contributed by atoms with Gasteiger partial charge in [-0.15, -0.1) is 0 Å². The number of likely N-dealkylation sites (N-methyl/N-ethyl adjacent to an activating group) is 1. The Kier molecular flexibility index (Phi) is 13.0. The maximum absolute atomic E-state index is 13.6. The molecule has 1 amide bonds. The van der Waals surface area contributed by atoms with Crippen molar-refractivity contribution in [2.45, 2.75) is 99.5 Å². The minimum Gasteiger partial charge on any atom is -0.469 e. The first-order valence-corrected chi connectivity index (χ1v) is 17.8. The number of allylic oxidation sites excluding steroid dienone is 1. The van der Waals surface area contributed by atoms with Gasteiger partial charge in [-0.2, -0.15) is 0 Å². The molecule has 2 aliphatic rings. The molecule has 0 aromatic carbocycles. The van der Waals surface area contributed by atoms with Crippen molar-refractivity contribution in [2.24, 2.45) is 0 Å². The number of carbonyl (C=O) groups is 3. The SMILES string of the molecule is CCC(=O)OC.CCCCN(C)C(=O)Cc1c2nc(cc3[nH]c(cc4[nH]c(cc5nc1C(C(=O)OC)=C5C)c(CC)c4C)c(CO)c3C)C(C)C2. The van der Waals surface area contributed by atoms with Crippen LogP contribution in [-0.4, -0.2) is 75.6 Å². The molecule has 3 aromatic rings. The van der Waals surface area contributed by atoms with Gasteiger partial charge in [0.2, 0.25) is 5.91 Å². The van der Waals surface area contributed by atoms with Crippen molar-refractivity contribution in [3.63, 3.8) is 0 Å². The number of H-pyrrole nitrogens is 2. The van der Waals surface area contributed by atoms with Crippen molar-refractivity contribution in [3.05, 3.63) is 68.8 Å². The zero-order valence-electron chi connectivity index (χ0n) is 31.8. The number of unbranched alkanes of at least 4 members (excludes halogenated alkanes) is 1. The fourth-order valence-electron chi connectivity index (χ4n) is 6.60. The molecule has 3 N–H and O–H groups in total. The maximum atomic E-state index is 13.6. The van der Waals surface area contributed by atoms with Gasteiger partial charge in [0.1, 0.15) is 0 Å². The maximum Gasteiger partial charge on any atom is 0.340 e. The number of aliphatic hydroxyl groups is 1. The number of hydrogen-bond donors (Lipinski definition) is 3. The summed E-state index contributed by atoms with van der Waals surface area (Å²) in [5.41, 5.74) is 12.0. The lowest BCUT2D eigenvalue weighted by Crippen LogP contribution is -2.29. The highest BCUT2D eigenvalue weighted by Crippen LogP contribution is 2.37. The van der Waals surface area contributed by atoms with Crippen LogP contribution in [0.1, 0.15) is 110 Å². The van der Waals surface area contributed by atoms with Gasteiger partial charge in [-0.05, 0) is 80.5 Å². The Hall–Kier alpha value is -4.77. The van der Waals surface area contributed by atoms with E-state index in [9.17, 15) is 19.5 Å². The Morgan fingerprint density at radius 1 is 0.902 bits per heavy atom. The van der Waals surface area contributed by atoms with Gasteiger partial charge in [0, 0.05) is 70.5 Å². The van der Waals surface area contributed by atoms with Gasteiger partial charge in [-0.1, -0.05) is 34.1 Å². The highest BCUT2D eigenvalue weighted by Gasteiger charge is 2.31. The Morgan fingerprint density at radius 2 is 1.55 bits per heavy atom. The van der Waals surface area contributed by atoms with Crippen LogP contribution in [-0.2, 0) is 49.7 Å². The van der Waals surface area contributed by atoms with Gasteiger partial charge in [0.15, 0.2) is 0 Å². The van der Waals surface area contributed by atoms with Gasteiger partial charge in [0.25, 0.3) is 0 Å². The summed E-state index contributed by atoms with van der Waals surface area (Å²) in [5.74, 6) is -0.629. The summed E-state index contributed by atoms with van der Waals surface area (Å²) in [5, 5.41) is 10.4. The molecule has 1 atom stereocenters. The van der Waals surface area contributed by atoms with Gasteiger partial charge >= 0.3 is 11.9 Å². The number of amides is 1. The molecule has 8 bridgehead atoms. The number of nitrogens with zero attached hydrogens (tertiary/aromatic N) is 3. The van der Waals surface area contributed by atoms with Crippen molar-refractivity contribution >= 4 is 51.1 Å². The number of fused-ring (bicyclic) bond motifs is 8. The molecule has 0 saturated heterocycles. The van der Waals surface area contributed by atoms with Crippen LogP contribution in [0, 0.1) is 13.8 Å². The Balaban J connectivity index is 0.000000894. The van der Waals surface area contributed by atoms with Gasteiger partial charge in [0.05, 0.1) is 44.2 Å². The third-order valence-corrected chi connectivity index (χ3v) is 9.91. The van der Waals surface area contributed by atoms with E-state index in [1.165, 1.54) is 14.2 Å². The molecule has 11 heteroatoms. The molecule has 0 fully saturated rings. The first-order chi connectivity index (χ1) is 24.3. The fraction of sp³-hybridized carbons (Fsp3) is 0.475. The quantitative estimate of drug-likeness (QED) is 0.206. The second-order valence-electron chi connectivity index (χ2n) is 13.2. The third kappa shape index (κ3) is 8.25. The number of esters is 2. The number of nitrogens with one attached hydrogen (secondary N) is 2. The molecule has 11 nitrogen and oxygen atoms in total. The first-order valence-electron chi connectivity index (χ1n) is 17.8. The zero-order valence-corrected chi connectivity index (χ0v) is 31.8.